The number of amides is 2. The van der Waals surface area contributed by atoms with Gasteiger partial charge in [-0.05, 0) is 67.0 Å². The SMILES string of the molecule is CCc1ccc(N(CCCC(=O)N(Cc2ccccc2C)[C@H](Cc2ccccc2)C(=O)NC2CCCCC2)S(C)(=O)=O)cc1. The van der Waals surface area contributed by atoms with Gasteiger partial charge in [0, 0.05) is 32.0 Å². The number of rotatable bonds is 14. The van der Waals surface area contributed by atoms with Crippen LogP contribution in [0.2, 0.25) is 0 Å². The lowest BCUT2D eigenvalue weighted by Gasteiger charge is -2.34. The summed E-state index contributed by atoms with van der Waals surface area (Å²) in [7, 11) is -3.55. The molecule has 1 aliphatic rings. The summed E-state index contributed by atoms with van der Waals surface area (Å²) in [5.74, 6) is -0.292. The molecule has 0 radical (unpaired) electrons. The number of carbonyl (C=O) groups excluding carboxylic acids is 2. The number of carbonyl (C=O) groups is 2. The van der Waals surface area contributed by atoms with Crippen molar-refractivity contribution in [2.75, 3.05) is 17.1 Å². The van der Waals surface area contributed by atoms with E-state index in [-0.39, 0.29) is 30.8 Å². The average molecular weight is 618 g/mol. The smallest absolute Gasteiger partial charge is 0.243 e. The van der Waals surface area contributed by atoms with Crippen molar-refractivity contribution in [1.29, 1.82) is 0 Å². The lowest BCUT2D eigenvalue weighted by atomic mass is 9.94. The number of hydrogen-bond donors (Lipinski definition) is 1. The van der Waals surface area contributed by atoms with Crippen LogP contribution in [0.3, 0.4) is 0 Å². The van der Waals surface area contributed by atoms with Gasteiger partial charge in [0.15, 0.2) is 0 Å². The summed E-state index contributed by atoms with van der Waals surface area (Å²) in [6.07, 6.45) is 8.19. The van der Waals surface area contributed by atoms with Crippen molar-refractivity contribution in [1.82, 2.24) is 10.2 Å². The summed E-state index contributed by atoms with van der Waals surface area (Å²) < 4.78 is 26.8. The molecule has 2 amide bonds. The Morgan fingerprint density at radius 1 is 0.886 bits per heavy atom. The highest BCUT2D eigenvalue weighted by atomic mass is 32.2. The van der Waals surface area contributed by atoms with Gasteiger partial charge in [0.05, 0.1) is 11.9 Å². The van der Waals surface area contributed by atoms with Gasteiger partial charge in [-0.25, -0.2) is 8.42 Å². The number of nitrogens with zero attached hydrogens (tertiary/aromatic N) is 2. The summed E-state index contributed by atoms with van der Waals surface area (Å²) in [6.45, 7) is 4.54. The first kappa shape index (κ1) is 33.2. The maximum absolute atomic E-state index is 14.1. The molecule has 1 fully saturated rings. The zero-order valence-electron chi connectivity index (χ0n) is 26.4. The molecule has 0 saturated heterocycles. The fraction of sp³-hybridized carbons (Fsp3) is 0.444. The van der Waals surface area contributed by atoms with E-state index in [4.69, 9.17) is 0 Å². The predicted molar refractivity (Wildman–Crippen MR) is 178 cm³/mol. The lowest BCUT2D eigenvalue weighted by Crippen LogP contribution is -2.53. The van der Waals surface area contributed by atoms with E-state index < -0.39 is 16.1 Å². The van der Waals surface area contributed by atoms with E-state index in [9.17, 15) is 18.0 Å². The van der Waals surface area contributed by atoms with Gasteiger partial charge in [-0.2, -0.15) is 0 Å². The van der Waals surface area contributed by atoms with E-state index in [1.807, 2.05) is 85.8 Å². The van der Waals surface area contributed by atoms with Crippen molar-refractivity contribution >= 4 is 27.5 Å². The van der Waals surface area contributed by atoms with Crippen molar-refractivity contribution in [3.8, 4) is 0 Å². The van der Waals surface area contributed by atoms with Gasteiger partial charge < -0.3 is 10.2 Å². The second kappa shape index (κ2) is 15.9. The monoisotopic (exact) mass is 617 g/mol. The molecular weight excluding hydrogens is 570 g/mol. The van der Waals surface area contributed by atoms with Crippen LogP contribution in [0.25, 0.3) is 0 Å². The maximum atomic E-state index is 14.1. The molecule has 1 aliphatic carbocycles. The minimum Gasteiger partial charge on any atom is -0.352 e. The van der Waals surface area contributed by atoms with Gasteiger partial charge in [-0.1, -0.05) is 92.9 Å². The number of sulfonamides is 1. The zero-order valence-corrected chi connectivity index (χ0v) is 27.2. The number of hydrogen-bond acceptors (Lipinski definition) is 4. The largest absolute Gasteiger partial charge is 0.352 e. The van der Waals surface area contributed by atoms with Crippen LogP contribution in [-0.2, 0) is 39.0 Å². The highest BCUT2D eigenvalue weighted by Gasteiger charge is 2.32. The summed E-state index contributed by atoms with van der Waals surface area (Å²) in [6, 6.07) is 24.7. The van der Waals surface area contributed by atoms with Crippen molar-refractivity contribution < 1.29 is 18.0 Å². The molecule has 44 heavy (non-hydrogen) atoms. The molecule has 0 bridgehead atoms. The molecule has 0 unspecified atom stereocenters. The van der Waals surface area contributed by atoms with Crippen LogP contribution in [-0.4, -0.2) is 50.0 Å². The van der Waals surface area contributed by atoms with E-state index >= 15 is 0 Å². The predicted octanol–water partition coefficient (Wildman–Crippen LogP) is 6.19. The third-order valence-electron chi connectivity index (χ3n) is 8.61. The molecule has 1 N–H and O–H groups in total. The van der Waals surface area contributed by atoms with E-state index in [1.54, 1.807) is 4.90 Å². The number of nitrogens with one attached hydrogen (secondary N) is 1. The van der Waals surface area contributed by atoms with Crippen molar-refractivity contribution in [3.05, 3.63) is 101 Å². The molecule has 0 spiro atoms. The average Bonchev–Trinajstić information content (AvgIpc) is 3.02. The third kappa shape index (κ3) is 9.42. The molecule has 8 heteroatoms. The van der Waals surface area contributed by atoms with Crippen LogP contribution in [0.4, 0.5) is 5.69 Å². The van der Waals surface area contributed by atoms with Gasteiger partial charge in [0.2, 0.25) is 21.8 Å². The van der Waals surface area contributed by atoms with E-state index in [0.29, 0.717) is 25.1 Å². The molecule has 7 nitrogen and oxygen atoms in total. The van der Waals surface area contributed by atoms with Gasteiger partial charge in [-0.15, -0.1) is 0 Å². The van der Waals surface area contributed by atoms with Crippen LogP contribution in [0.5, 0.6) is 0 Å². The topological polar surface area (TPSA) is 86.8 Å². The molecule has 236 valence electrons. The Hall–Kier alpha value is -3.65. The molecule has 0 heterocycles. The van der Waals surface area contributed by atoms with Gasteiger partial charge >= 0.3 is 0 Å². The highest BCUT2D eigenvalue weighted by Crippen LogP contribution is 2.23. The van der Waals surface area contributed by atoms with Gasteiger partial charge in [0.1, 0.15) is 6.04 Å². The second-order valence-corrected chi connectivity index (χ2v) is 13.9. The molecule has 1 atom stereocenters. The molecule has 3 aromatic carbocycles. The van der Waals surface area contributed by atoms with Crippen molar-refractivity contribution in [2.24, 2.45) is 0 Å². The fourth-order valence-electron chi connectivity index (χ4n) is 5.97. The van der Waals surface area contributed by atoms with Gasteiger partial charge in [-0.3, -0.25) is 13.9 Å². The Bertz CT molecular complexity index is 1470. The summed E-state index contributed by atoms with van der Waals surface area (Å²) in [5.41, 5.74) is 4.73. The minimum atomic E-state index is -3.55. The summed E-state index contributed by atoms with van der Waals surface area (Å²) in [5, 5.41) is 3.28. The van der Waals surface area contributed by atoms with E-state index in [0.717, 1.165) is 54.4 Å². The second-order valence-electron chi connectivity index (χ2n) is 12.0. The number of benzene rings is 3. The van der Waals surface area contributed by atoms with Crippen LogP contribution in [0, 0.1) is 6.92 Å². The highest BCUT2D eigenvalue weighted by molar-refractivity contribution is 7.92. The Morgan fingerprint density at radius 3 is 2.18 bits per heavy atom. The first-order valence-electron chi connectivity index (χ1n) is 15.9. The summed E-state index contributed by atoms with van der Waals surface area (Å²) >= 11 is 0. The molecule has 3 aromatic rings. The Morgan fingerprint density at radius 2 is 1.55 bits per heavy atom. The quantitative estimate of drug-likeness (QED) is 0.234. The lowest BCUT2D eigenvalue weighted by molar-refractivity contribution is -0.141. The standard InChI is InChI=1S/C36H47N3O4S/c1-4-29-21-23-33(24-22-29)39(44(3,42)43)25-13-20-35(40)38(27-31-17-12-11-14-28(31)2)34(26-30-15-7-5-8-16-30)36(41)37-32-18-9-6-10-19-32/h5,7-8,11-12,14-17,21-24,32,34H,4,6,9-10,13,18-20,25-27H2,1-3H3,(H,37,41)/t34-/m1/s1. The molecule has 1 saturated carbocycles. The Balaban J connectivity index is 1.58. The first-order chi connectivity index (χ1) is 21.2. The molecule has 0 aliphatic heterocycles. The van der Waals surface area contributed by atoms with Crippen LogP contribution in [0.15, 0.2) is 78.9 Å². The first-order valence-corrected chi connectivity index (χ1v) is 17.8. The van der Waals surface area contributed by atoms with E-state index in [1.165, 1.54) is 17.0 Å². The number of aryl methyl sites for hydroxylation is 2. The van der Waals surface area contributed by atoms with Crippen LogP contribution < -0.4 is 9.62 Å². The van der Waals surface area contributed by atoms with Crippen molar-refractivity contribution in [2.45, 2.75) is 90.3 Å². The zero-order chi connectivity index (χ0) is 31.5. The molecule has 4 rings (SSSR count). The Kier molecular flexibility index (Phi) is 12.0. The normalized spacial score (nSPS) is 14.5. The minimum absolute atomic E-state index is 0.118. The van der Waals surface area contributed by atoms with E-state index in [2.05, 4.69) is 12.2 Å². The van der Waals surface area contributed by atoms with Crippen molar-refractivity contribution in [3.63, 3.8) is 0 Å². The van der Waals surface area contributed by atoms with Crippen LogP contribution in [0.1, 0.15) is 74.1 Å². The number of anilines is 1. The maximum Gasteiger partial charge on any atom is 0.243 e. The molecule has 0 aromatic heterocycles. The molecular formula is C36H47N3O4S. The summed E-state index contributed by atoms with van der Waals surface area (Å²) in [4.78, 5) is 29.8. The Labute approximate surface area is 263 Å². The van der Waals surface area contributed by atoms with Crippen LogP contribution >= 0.6 is 0 Å². The van der Waals surface area contributed by atoms with Gasteiger partial charge in [0.25, 0.3) is 0 Å². The third-order valence-corrected chi connectivity index (χ3v) is 9.80. The fourth-order valence-corrected chi connectivity index (χ4v) is 6.94.